The standard InChI is InChI=1S/C25H20N4O/c1-17-23-15-20(16-26-25(23)29(28-17)21-11-3-2-4-12-21)27-24(30)14-19-10-7-9-18-8-5-6-13-22(18)19/h2-13,15-16H,14H2,1H3,(H,27,30). The van der Waals surface area contributed by atoms with Crippen LogP contribution in [0.4, 0.5) is 5.69 Å². The molecule has 5 rings (SSSR count). The maximum atomic E-state index is 12.7. The first-order valence-corrected chi connectivity index (χ1v) is 9.86. The SMILES string of the molecule is Cc1nn(-c2ccccc2)c2ncc(NC(=O)Cc3cccc4ccccc34)cc12. The van der Waals surface area contributed by atoms with E-state index in [1.54, 1.807) is 6.20 Å². The normalized spacial score (nSPS) is 11.1. The highest BCUT2D eigenvalue weighted by molar-refractivity contribution is 5.97. The van der Waals surface area contributed by atoms with Gasteiger partial charge in [-0.1, -0.05) is 60.7 Å². The van der Waals surface area contributed by atoms with Crippen LogP contribution < -0.4 is 5.32 Å². The number of carbonyl (C=O) groups excluding carboxylic acids is 1. The first-order valence-electron chi connectivity index (χ1n) is 9.86. The Hall–Kier alpha value is -3.99. The molecule has 0 aliphatic rings. The van der Waals surface area contributed by atoms with E-state index in [1.807, 2.05) is 78.3 Å². The molecule has 5 heteroatoms. The molecule has 0 radical (unpaired) electrons. The van der Waals surface area contributed by atoms with Crippen LogP contribution >= 0.6 is 0 Å². The largest absolute Gasteiger partial charge is 0.324 e. The lowest BCUT2D eigenvalue weighted by Crippen LogP contribution is -2.14. The van der Waals surface area contributed by atoms with Crippen LogP contribution in [-0.2, 0) is 11.2 Å². The molecule has 3 aromatic carbocycles. The average Bonchev–Trinajstić information content (AvgIpc) is 3.10. The van der Waals surface area contributed by atoms with Crippen LogP contribution in [0.1, 0.15) is 11.3 Å². The van der Waals surface area contributed by atoms with Gasteiger partial charge in [-0.2, -0.15) is 5.10 Å². The molecule has 146 valence electrons. The summed E-state index contributed by atoms with van der Waals surface area (Å²) in [6, 6.07) is 26.0. The van der Waals surface area contributed by atoms with Gasteiger partial charge in [0.2, 0.25) is 5.91 Å². The van der Waals surface area contributed by atoms with Crippen molar-refractivity contribution >= 4 is 33.4 Å². The molecule has 5 nitrogen and oxygen atoms in total. The third kappa shape index (κ3) is 3.31. The fraction of sp³-hybridized carbons (Fsp3) is 0.0800. The first kappa shape index (κ1) is 18.1. The Kier molecular flexibility index (Phi) is 4.48. The van der Waals surface area contributed by atoms with Gasteiger partial charge in [0.05, 0.1) is 29.7 Å². The molecule has 0 aliphatic heterocycles. The summed E-state index contributed by atoms with van der Waals surface area (Å²) in [5.74, 6) is -0.0689. The Morgan fingerprint density at radius 3 is 2.57 bits per heavy atom. The molecule has 5 aromatic rings. The molecule has 1 amide bonds. The summed E-state index contributed by atoms with van der Waals surface area (Å²) in [4.78, 5) is 17.3. The Morgan fingerprint density at radius 1 is 0.933 bits per heavy atom. The van der Waals surface area contributed by atoms with Crippen LogP contribution in [0.3, 0.4) is 0 Å². The number of anilines is 1. The molecule has 0 saturated carbocycles. The van der Waals surface area contributed by atoms with Gasteiger partial charge in [-0.15, -0.1) is 0 Å². The number of aromatic nitrogens is 3. The first-order chi connectivity index (χ1) is 14.7. The van der Waals surface area contributed by atoms with Crippen molar-refractivity contribution in [2.75, 3.05) is 5.32 Å². The molecule has 0 spiro atoms. The Labute approximate surface area is 174 Å². The van der Waals surface area contributed by atoms with Crippen molar-refractivity contribution in [2.24, 2.45) is 0 Å². The maximum absolute atomic E-state index is 12.7. The number of pyridine rings is 1. The van der Waals surface area contributed by atoms with E-state index in [-0.39, 0.29) is 5.91 Å². The molecule has 0 atom stereocenters. The van der Waals surface area contributed by atoms with Crippen LogP contribution in [-0.4, -0.2) is 20.7 Å². The number of benzene rings is 3. The summed E-state index contributed by atoms with van der Waals surface area (Å²) in [7, 11) is 0. The highest BCUT2D eigenvalue weighted by atomic mass is 16.1. The number of hydrogen-bond acceptors (Lipinski definition) is 3. The van der Waals surface area contributed by atoms with Crippen LogP contribution in [0.2, 0.25) is 0 Å². The van der Waals surface area contributed by atoms with Crippen molar-refractivity contribution in [3.8, 4) is 5.69 Å². The van der Waals surface area contributed by atoms with Crippen molar-refractivity contribution < 1.29 is 4.79 Å². The lowest BCUT2D eigenvalue weighted by atomic mass is 10.0. The van der Waals surface area contributed by atoms with E-state index in [9.17, 15) is 4.79 Å². The minimum atomic E-state index is -0.0689. The highest BCUT2D eigenvalue weighted by Crippen LogP contribution is 2.24. The van der Waals surface area contributed by atoms with E-state index in [0.717, 1.165) is 38.8 Å². The van der Waals surface area contributed by atoms with E-state index in [2.05, 4.69) is 27.5 Å². The third-order valence-corrected chi connectivity index (χ3v) is 5.22. The summed E-state index contributed by atoms with van der Waals surface area (Å²) < 4.78 is 1.83. The number of fused-ring (bicyclic) bond motifs is 2. The van der Waals surface area contributed by atoms with Crippen LogP contribution in [0, 0.1) is 6.92 Å². The van der Waals surface area contributed by atoms with Crippen molar-refractivity contribution in [1.82, 2.24) is 14.8 Å². The molecular weight excluding hydrogens is 372 g/mol. The molecule has 30 heavy (non-hydrogen) atoms. The number of nitrogens with zero attached hydrogens (tertiary/aromatic N) is 3. The Morgan fingerprint density at radius 2 is 1.70 bits per heavy atom. The second-order valence-electron chi connectivity index (χ2n) is 7.29. The maximum Gasteiger partial charge on any atom is 0.228 e. The van der Waals surface area contributed by atoms with Gasteiger partial charge in [-0.25, -0.2) is 9.67 Å². The van der Waals surface area contributed by atoms with Gasteiger partial charge in [-0.3, -0.25) is 4.79 Å². The van der Waals surface area contributed by atoms with E-state index < -0.39 is 0 Å². The van der Waals surface area contributed by atoms with Gasteiger partial charge < -0.3 is 5.32 Å². The number of carbonyl (C=O) groups is 1. The van der Waals surface area contributed by atoms with Gasteiger partial charge in [-0.05, 0) is 41.5 Å². The minimum absolute atomic E-state index is 0.0689. The predicted octanol–water partition coefficient (Wildman–Crippen LogP) is 5.06. The Bertz CT molecular complexity index is 1370. The molecule has 0 aliphatic carbocycles. The van der Waals surface area contributed by atoms with E-state index in [0.29, 0.717) is 12.1 Å². The van der Waals surface area contributed by atoms with Crippen LogP contribution in [0.5, 0.6) is 0 Å². The second kappa shape index (κ2) is 7.44. The zero-order valence-corrected chi connectivity index (χ0v) is 16.5. The summed E-state index contributed by atoms with van der Waals surface area (Å²) in [6.07, 6.45) is 1.99. The van der Waals surface area contributed by atoms with Crippen molar-refractivity contribution in [1.29, 1.82) is 0 Å². The molecule has 0 unspecified atom stereocenters. The topological polar surface area (TPSA) is 59.8 Å². The fourth-order valence-electron chi connectivity index (χ4n) is 3.79. The van der Waals surface area contributed by atoms with Crippen molar-refractivity contribution in [3.63, 3.8) is 0 Å². The predicted molar refractivity (Wildman–Crippen MR) is 120 cm³/mol. The monoisotopic (exact) mass is 392 g/mol. The van der Waals surface area contributed by atoms with E-state index >= 15 is 0 Å². The smallest absolute Gasteiger partial charge is 0.228 e. The van der Waals surface area contributed by atoms with Gasteiger partial charge in [0, 0.05) is 5.39 Å². The van der Waals surface area contributed by atoms with Gasteiger partial charge in [0.15, 0.2) is 5.65 Å². The van der Waals surface area contributed by atoms with Gasteiger partial charge in [0.1, 0.15) is 0 Å². The second-order valence-corrected chi connectivity index (χ2v) is 7.29. The van der Waals surface area contributed by atoms with E-state index in [4.69, 9.17) is 0 Å². The lowest BCUT2D eigenvalue weighted by molar-refractivity contribution is -0.115. The Balaban J connectivity index is 1.41. The molecule has 0 fully saturated rings. The minimum Gasteiger partial charge on any atom is -0.324 e. The van der Waals surface area contributed by atoms with Crippen LogP contribution in [0.25, 0.3) is 27.5 Å². The number of aryl methyl sites for hydroxylation is 1. The lowest BCUT2D eigenvalue weighted by Gasteiger charge is -2.08. The number of nitrogens with one attached hydrogen (secondary N) is 1. The highest BCUT2D eigenvalue weighted by Gasteiger charge is 2.13. The number of para-hydroxylation sites is 1. The fourth-order valence-corrected chi connectivity index (χ4v) is 3.79. The zero-order chi connectivity index (χ0) is 20.5. The van der Waals surface area contributed by atoms with E-state index in [1.165, 1.54) is 0 Å². The summed E-state index contributed by atoms with van der Waals surface area (Å²) in [5, 5.41) is 10.8. The zero-order valence-electron chi connectivity index (χ0n) is 16.5. The summed E-state index contributed by atoms with van der Waals surface area (Å²) in [6.45, 7) is 1.95. The summed E-state index contributed by atoms with van der Waals surface area (Å²) >= 11 is 0. The molecule has 1 N–H and O–H groups in total. The van der Waals surface area contributed by atoms with Crippen molar-refractivity contribution in [3.05, 3.63) is 96.3 Å². The number of hydrogen-bond donors (Lipinski definition) is 1. The third-order valence-electron chi connectivity index (χ3n) is 5.22. The molecule has 2 aromatic heterocycles. The van der Waals surface area contributed by atoms with Gasteiger partial charge in [0.25, 0.3) is 0 Å². The summed E-state index contributed by atoms with van der Waals surface area (Å²) in [5.41, 5.74) is 4.27. The van der Waals surface area contributed by atoms with Crippen LogP contribution in [0.15, 0.2) is 85.1 Å². The molecule has 0 saturated heterocycles. The number of amides is 1. The van der Waals surface area contributed by atoms with Crippen molar-refractivity contribution in [2.45, 2.75) is 13.3 Å². The molecule has 2 heterocycles. The average molecular weight is 392 g/mol. The number of rotatable bonds is 4. The molecule has 0 bridgehead atoms. The quantitative estimate of drug-likeness (QED) is 0.465. The van der Waals surface area contributed by atoms with Gasteiger partial charge >= 0.3 is 0 Å². The molecular formula is C25H20N4O.